The third kappa shape index (κ3) is 2.13. The number of nitrogens with two attached hydrogens (primary N) is 1. The number of para-hydroxylation sites is 1. The second-order valence-corrected chi connectivity index (χ2v) is 4.42. The van der Waals surface area contributed by atoms with Crippen molar-refractivity contribution < 1.29 is 9.15 Å². The Kier molecular flexibility index (Phi) is 2.93. The Morgan fingerprint density at radius 3 is 2.85 bits per heavy atom. The van der Waals surface area contributed by atoms with E-state index in [0.717, 1.165) is 0 Å². The van der Waals surface area contributed by atoms with Gasteiger partial charge in [0.1, 0.15) is 16.8 Å². The first-order valence-electron chi connectivity index (χ1n) is 5.70. The van der Waals surface area contributed by atoms with Gasteiger partial charge in [0.25, 0.3) is 0 Å². The number of furan rings is 1. The van der Waals surface area contributed by atoms with Crippen molar-refractivity contribution in [2.24, 2.45) is 0 Å². The Labute approximate surface area is 119 Å². The van der Waals surface area contributed by atoms with Crippen LogP contribution in [0.3, 0.4) is 0 Å². The van der Waals surface area contributed by atoms with Crippen LogP contribution in [0.1, 0.15) is 5.76 Å². The summed E-state index contributed by atoms with van der Waals surface area (Å²) in [5.74, 6) is 0.585. The number of hydrogen-bond donors (Lipinski definition) is 1. The van der Waals surface area contributed by atoms with Gasteiger partial charge < -0.3 is 14.9 Å². The highest BCUT2D eigenvalue weighted by atomic mass is 35.5. The fourth-order valence-corrected chi connectivity index (χ4v) is 2.05. The zero-order chi connectivity index (χ0) is 14.1. The molecule has 0 unspecified atom stereocenters. The fraction of sp³-hybridized carbons (Fsp3) is 0. The van der Waals surface area contributed by atoms with E-state index in [1.807, 2.05) is 18.2 Å². The van der Waals surface area contributed by atoms with Crippen LogP contribution in [0.5, 0.6) is 11.6 Å². The van der Waals surface area contributed by atoms with Crippen LogP contribution in [0, 0.1) is 11.3 Å². The van der Waals surface area contributed by atoms with E-state index in [0.29, 0.717) is 22.4 Å². The predicted octanol–water partition coefficient (Wildman–Crippen LogP) is 3.73. The zero-order valence-corrected chi connectivity index (χ0v) is 10.9. The molecule has 1 aromatic carbocycles. The Morgan fingerprint density at radius 1 is 1.30 bits per heavy atom. The molecule has 5 nitrogen and oxygen atoms in total. The van der Waals surface area contributed by atoms with Gasteiger partial charge in [-0.05, 0) is 18.2 Å². The molecule has 0 saturated carbocycles. The van der Waals surface area contributed by atoms with Crippen molar-refractivity contribution in [2.45, 2.75) is 0 Å². The van der Waals surface area contributed by atoms with Gasteiger partial charge >= 0.3 is 0 Å². The summed E-state index contributed by atoms with van der Waals surface area (Å²) in [6.45, 7) is 0. The first-order chi connectivity index (χ1) is 9.67. The van der Waals surface area contributed by atoms with Crippen molar-refractivity contribution in [2.75, 3.05) is 5.73 Å². The van der Waals surface area contributed by atoms with Crippen LogP contribution < -0.4 is 10.5 Å². The van der Waals surface area contributed by atoms with Crippen molar-refractivity contribution in [1.82, 2.24) is 4.98 Å². The molecule has 2 aromatic heterocycles. The molecule has 0 aliphatic carbocycles. The zero-order valence-electron chi connectivity index (χ0n) is 10.1. The molecule has 0 amide bonds. The first kappa shape index (κ1) is 12.3. The summed E-state index contributed by atoms with van der Waals surface area (Å²) in [4.78, 5) is 4.00. The number of aromatic nitrogens is 1. The van der Waals surface area contributed by atoms with Crippen LogP contribution in [0.15, 0.2) is 40.8 Å². The summed E-state index contributed by atoms with van der Waals surface area (Å²) in [6.07, 6.45) is 0. The van der Waals surface area contributed by atoms with Gasteiger partial charge in [0.05, 0.1) is 5.39 Å². The molecule has 2 heterocycles. The van der Waals surface area contributed by atoms with Crippen LogP contribution in [0.4, 0.5) is 5.69 Å². The van der Waals surface area contributed by atoms with Crippen LogP contribution >= 0.6 is 11.6 Å². The summed E-state index contributed by atoms with van der Waals surface area (Å²) in [7, 11) is 0. The lowest BCUT2D eigenvalue weighted by atomic mass is 10.2. The molecular weight excluding hydrogens is 278 g/mol. The van der Waals surface area contributed by atoms with Crippen LogP contribution in [-0.2, 0) is 0 Å². The van der Waals surface area contributed by atoms with E-state index >= 15 is 0 Å². The standard InChI is InChI=1S/C14H8ClN3O2/c15-12-5-8(17)6-13(18-12)20-14-9-3-1-2-4-10(9)19-11(14)7-16/h1-6H,(H2,17,18). The largest absolute Gasteiger partial charge is 0.442 e. The maximum Gasteiger partial charge on any atom is 0.247 e. The number of pyridine rings is 1. The van der Waals surface area contributed by atoms with E-state index in [9.17, 15) is 0 Å². The number of nitriles is 1. The van der Waals surface area contributed by atoms with Crippen LogP contribution in [0.2, 0.25) is 5.15 Å². The molecule has 0 aliphatic heterocycles. The van der Waals surface area contributed by atoms with Gasteiger partial charge in [-0.2, -0.15) is 5.26 Å². The van der Waals surface area contributed by atoms with Crippen molar-refractivity contribution in [3.05, 3.63) is 47.3 Å². The average molecular weight is 286 g/mol. The van der Waals surface area contributed by atoms with Crippen molar-refractivity contribution >= 4 is 28.3 Å². The van der Waals surface area contributed by atoms with Crippen LogP contribution in [0.25, 0.3) is 11.0 Å². The minimum atomic E-state index is 0.0755. The summed E-state index contributed by atoms with van der Waals surface area (Å²) in [6, 6.07) is 12.2. The van der Waals surface area contributed by atoms with E-state index in [2.05, 4.69) is 4.98 Å². The monoisotopic (exact) mass is 285 g/mol. The Balaban J connectivity index is 2.12. The Hall–Kier alpha value is -2.71. The van der Waals surface area contributed by atoms with Gasteiger partial charge in [-0.15, -0.1) is 0 Å². The van der Waals surface area contributed by atoms with Gasteiger partial charge in [0.2, 0.25) is 11.6 Å². The molecule has 0 bridgehead atoms. The number of rotatable bonds is 2. The highest BCUT2D eigenvalue weighted by Gasteiger charge is 2.16. The third-order valence-electron chi connectivity index (χ3n) is 2.65. The number of nitrogens with zero attached hydrogens (tertiary/aromatic N) is 2. The first-order valence-corrected chi connectivity index (χ1v) is 6.07. The molecule has 3 rings (SSSR count). The third-order valence-corrected chi connectivity index (χ3v) is 2.84. The van der Waals surface area contributed by atoms with Gasteiger partial charge in [0, 0.05) is 11.8 Å². The van der Waals surface area contributed by atoms with Crippen molar-refractivity contribution in [1.29, 1.82) is 5.26 Å². The Morgan fingerprint density at radius 2 is 2.10 bits per heavy atom. The molecule has 2 N–H and O–H groups in total. The Bertz CT molecular complexity index is 816. The van der Waals surface area contributed by atoms with Gasteiger partial charge in [-0.1, -0.05) is 23.7 Å². The summed E-state index contributed by atoms with van der Waals surface area (Å²) in [5.41, 5.74) is 6.67. The van der Waals surface area contributed by atoms with Gasteiger partial charge in [-0.25, -0.2) is 4.98 Å². The summed E-state index contributed by atoms with van der Waals surface area (Å²) < 4.78 is 11.0. The molecule has 0 saturated heterocycles. The number of benzene rings is 1. The highest BCUT2D eigenvalue weighted by molar-refractivity contribution is 6.29. The number of nitrogen functional groups attached to an aromatic ring is 1. The number of anilines is 1. The molecule has 20 heavy (non-hydrogen) atoms. The minimum absolute atomic E-state index is 0.0755. The molecule has 0 atom stereocenters. The van der Waals surface area contributed by atoms with Crippen molar-refractivity contribution in [3.63, 3.8) is 0 Å². The minimum Gasteiger partial charge on any atom is -0.442 e. The van der Waals surface area contributed by atoms with E-state index in [4.69, 9.17) is 31.8 Å². The molecule has 6 heteroatoms. The maximum atomic E-state index is 9.11. The number of fused-ring (bicyclic) bond motifs is 1. The summed E-state index contributed by atoms with van der Waals surface area (Å²) in [5, 5.41) is 10.0. The van der Waals surface area contributed by atoms with Crippen molar-refractivity contribution in [3.8, 4) is 17.7 Å². The lowest BCUT2D eigenvalue weighted by molar-refractivity contribution is 0.451. The highest BCUT2D eigenvalue weighted by Crippen LogP contribution is 2.35. The lowest BCUT2D eigenvalue weighted by Crippen LogP contribution is -1.92. The molecule has 0 spiro atoms. The smallest absolute Gasteiger partial charge is 0.247 e. The fourth-order valence-electron chi connectivity index (χ4n) is 1.85. The van der Waals surface area contributed by atoms with E-state index in [-0.39, 0.29) is 16.8 Å². The SMILES string of the molecule is N#Cc1oc2ccccc2c1Oc1cc(N)cc(Cl)n1. The number of ether oxygens (including phenoxy) is 1. The van der Waals surface area contributed by atoms with E-state index in [1.165, 1.54) is 12.1 Å². The topological polar surface area (TPSA) is 85.1 Å². The van der Waals surface area contributed by atoms with E-state index < -0.39 is 0 Å². The molecule has 3 aromatic rings. The number of halogens is 1. The quantitative estimate of drug-likeness (QED) is 0.725. The molecular formula is C14H8ClN3O2. The molecule has 0 aliphatic rings. The van der Waals surface area contributed by atoms with Gasteiger partial charge in [0.15, 0.2) is 5.75 Å². The van der Waals surface area contributed by atoms with Crippen LogP contribution in [-0.4, -0.2) is 4.98 Å². The predicted molar refractivity (Wildman–Crippen MR) is 74.7 cm³/mol. The molecule has 0 fully saturated rings. The van der Waals surface area contributed by atoms with E-state index in [1.54, 1.807) is 12.1 Å². The maximum absolute atomic E-state index is 9.11. The second kappa shape index (κ2) is 4.76. The molecule has 98 valence electrons. The normalized spacial score (nSPS) is 10.4. The summed E-state index contributed by atoms with van der Waals surface area (Å²) >= 11 is 5.82. The average Bonchev–Trinajstić information content (AvgIpc) is 2.76. The van der Waals surface area contributed by atoms with Gasteiger partial charge in [-0.3, -0.25) is 0 Å². The molecule has 0 radical (unpaired) electrons. The number of hydrogen-bond acceptors (Lipinski definition) is 5. The lowest BCUT2D eigenvalue weighted by Gasteiger charge is -2.04. The second-order valence-electron chi connectivity index (χ2n) is 4.03.